The Bertz CT molecular complexity index is 898. The largest absolute Gasteiger partial charge is 0.508 e. The quantitative estimate of drug-likeness (QED) is 0.236. The highest BCUT2D eigenvalue weighted by Crippen LogP contribution is 2.14. The first kappa shape index (κ1) is 29.1. The van der Waals surface area contributed by atoms with Gasteiger partial charge >= 0.3 is 5.97 Å². The molecule has 5 unspecified atom stereocenters. The Kier molecular flexibility index (Phi) is 11.2. The van der Waals surface area contributed by atoms with Crippen molar-refractivity contribution in [2.75, 3.05) is 6.54 Å². The summed E-state index contributed by atoms with van der Waals surface area (Å²) in [5, 5.41) is 30.4. The zero-order valence-corrected chi connectivity index (χ0v) is 21.5. The Balaban J connectivity index is 2.13. The summed E-state index contributed by atoms with van der Waals surface area (Å²) in [5.74, 6) is -2.62. The van der Waals surface area contributed by atoms with E-state index in [1.807, 2.05) is 20.8 Å². The number of carboxylic acids is 1. The molecule has 10 heteroatoms. The maximum absolute atomic E-state index is 13.2. The van der Waals surface area contributed by atoms with Crippen molar-refractivity contribution in [2.24, 2.45) is 11.8 Å². The normalized spacial score (nSPS) is 18.6. The molecule has 0 aliphatic carbocycles. The van der Waals surface area contributed by atoms with Crippen LogP contribution < -0.4 is 21.3 Å². The first-order valence-corrected chi connectivity index (χ1v) is 12.7. The lowest BCUT2D eigenvalue weighted by Crippen LogP contribution is -2.59. The number of nitrogens with one attached hydrogen (secondary N) is 4. The molecule has 0 aromatic heterocycles. The van der Waals surface area contributed by atoms with Crippen LogP contribution in [0.1, 0.15) is 58.9 Å². The van der Waals surface area contributed by atoms with E-state index in [1.54, 1.807) is 19.1 Å². The van der Waals surface area contributed by atoms with Gasteiger partial charge in [-0.25, -0.2) is 4.79 Å². The van der Waals surface area contributed by atoms with Crippen molar-refractivity contribution in [3.8, 4) is 5.75 Å². The molecule has 1 aliphatic heterocycles. The number of carbonyl (C=O) groups is 4. The van der Waals surface area contributed by atoms with Gasteiger partial charge in [0.1, 0.15) is 23.9 Å². The molecule has 0 bridgehead atoms. The summed E-state index contributed by atoms with van der Waals surface area (Å²) in [5.41, 5.74) is 0.629. The van der Waals surface area contributed by atoms with Gasteiger partial charge in [-0.3, -0.25) is 14.4 Å². The first-order valence-electron chi connectivity index (χ1n) is 12.7. The van der Waals surface area contributed by atoms with Gasteiger partial charge in [0, 0.05) is 6.42 Å². The molecule has 6 N–H and O–H groups in total. The van der Waals surface area contributed by atoms with Crippen LogP contribution in [0.5, 0.6) is 5.75 Å². The van der Waals surface area contributed by atoms with E-state index >= 15 is 0 Å². The van der Waals surface area contributed by atoms with Crippen molar-refractivity contribution in [3.05, 3.63) is 29.8 Å². The number of carbonyl (C=O) groups excluding carboxylic acids is 3. The fraction of sp³-hybridized carbons (Fsp3) is 0.615. The van der Waals surface area contributed by atoms with E-state index in [4.69, 9.17) is 0 Å². The number of phenols is 1. The fourth-order valence-corrected chi connectivity index (χ4v) is 4.17. The standard InChI is InChI=1S/C26H40N4O6/c1-5-16(4)22(25(34)29-21(26(35)36)14-17-8-10-18(31)11-9-17)30-24(33)20(13-15(2)3)28-23(32)19-7-6-12-27-19/h8-11,15-16,19-22,27,31H,5-7,12-14H2,1-4H3,(H,28,32)(H,29,34)(H,30,33)(H,35,36). The van der Waals surface area contributed by atoms with E-state index in [1.165, 1.54) is 12.1 Å². The molecule has 2 rings (SSSR count). The van der Waals surface area contributed by atoms with Crippen LogP contribution in [0.25, 0.3) is 0 Å². The molecule has 1 heterocycles. The van der Waals surface area contributed by atoms with Gasteiger partial charge in [0.15, 0.2) is 0 Å². The van der Waals surface area contributed by atoms with Crippen molar-refractivity contribution in [3.63, 3.8) is 0 Å². The first-order chi connectivity index (χ1) is 17.0. The minimum absolute atomic E-state index is 0.0168. The molecule has 5 atom stereocenters. The molecular formula is C26H40N4O6. The van der Waals surface area contributed by atoms with E-state index in [2.05, 4.69) is 21.3 Å². The van der Waals surface area contributed by atoms with Gasteiger partial charge in [0.05, 0.1) is 6.04 Å². The zero-order valence-electron chi connectivity index (χ0n) is 21.5. The molecule has 0 radical (unpaired) electrons. The van der Waals surface area contributed by atoms with Gasteiger partial charge in [-0.05, 0) is 55.3 Å². The Hall–Kier alpha value is -3.14. The van der Waals surface area contributed by atoms with E-state index in [-0.39, 0.29) is 36.0 Å². The van der Waals surface area contributed by atoms with Crippen LogP contribution in [0.3, 0.4) is 0 Å². The van der Waals surface area contributed by atoms with Crippen LogP contribution in [-0.2, 0) is 25.6 Å². The lowest BCUT2D eigenvalue weighted by Gasteiger charge is -2.28. The van der Waals surface area contributed by atoms with Crippen molar-refractivity contribution >= 4 is 23.7 Å². The molecule has 0 saturated carbocycles. The Morgan fingerprint density at radius 1 is 1.00 bits per heavy atom. The second kappa shape index (κ2) is 13.8. The van der Waals surface area contributed by atoms with Crippen LogP contribution in [0.2, 0.25) is 0 Å². The monoisotopic (exact) mass is 504 g/mol. The predicted octanol–water partition coefficient (Wildman–Crippen LogP) is 1.32. The third-order valence-electron chi connectivity index (χ3n) is 6.50. The highest BCUT2D eigenvalue weighted by Gasteiger charge is 2.33. The predicted molar refractivity (Wildman–Crippen MR) is 135 cm³/mol. The minimum atomic E-state index is -1.22. The summed E-state index contributed by atoms with van der Waals surface area (Å²) in [6.07, 6.45) is 2.59. The third-order valence-corrected chi connectivity index (χ3v) is 6.50. The summed E-state index contributed by atoms with van der Waals surface area (Å²) in [7, 11) is 0. The molecule has 10 nitrogen and oxygen atoms in total. The van der Waals surface area contributed by atoms with Crippen LogP contribution in [0, 0.1) is 11.8 Å². The average Bonchev–Trinajstić information content (AvgIpc) is 3.37. The summed E-state index contributed by atoms with van der Waals surface area (Å²) >= 11 is 0. The van der Waals surface area contributed by atoms with Gasteiger partial charge in [-0.15, -0.1) is 0 Å². The Labute approximate surface area is 212 Å². The molecule has 1 aliphatic rings. The topological polar surface area (TPSA) is 157 Å². The third kappa shape index (κ3) is 8.82. The molecule has 36 heavy (non-hydrogen) atoms. The van der Waals surface area contributed by atoms with E-state index < -0.39 is 35.9 Å². The van der Waals surface area contributed by atoms with Crippen LogP contribution in [0.4, 0.5) is 0 Å². The zero-order chi connectivity index (χ0) is 26.8. The molecule has 3 amide bonds. The number of hydrogen-bond donors (Lipinski definition) is 6. The second-order valence-corrected chi connectivity index (χ2v) is 9.98. The average molecular weight is 505 g/mol. The lowest BCUT2D eigenvalue weighted by molar-refractivity contribution is -0.142. The molecule has 1 saturated heterocycles. The minimum Gasteiger partial charge on any atom is -0.508 e. The van der Waals surface area contributed by atoms with Crippen LogP contribution in [-0.4, -0.2) is 64.6 Å². The van der Waals surface area contributed by atoms with Crippen LogP contribution in [0.15, 0.2) is 24.3 Å². The number of amides is 3. The van der Waals surface area contributed by atoms with Crippen molar-refractivity contribution in [2.45, 2.75) is 84.0 Å². The highest BCUT2D eigenvalue weighted by molar-refractivity contribution is 5.94. The number of carboxylic acid groups (broad SMARTS) is 1. The van der Waals surface area contributed by atoms with Gasteiger partial charge in [0.2, 0.25) is 17.7 Å². The number of rotatable bonds is 13. The summed E-state index contributed by atoms with van der Waals surface area (Å²) in [6, 6.07) is 2.73. The van der Waals surface area contributed by atoms with E-state index in [9.17, 15) is 29.4 Å². The van der Waals surface area contributed by atoms with E-state index in [0.717, 1.165) is 13.0 Å². The van der Waals surface area contributed by atoms with Gasteiger partial charge in [0.25, 0.3) is 0 Å². The van der Waals surface area contributed by atoms with Gasteiger partial charge in [-0.1, -0.05) is 46.2 Å². The molecular weight excluding hydrogens is 464 g/mol. The van der Waals surface area contributed by atoms with Crippen molar-refractivity contribution in [1.82, 2.24) is 21.3 Å². The Morgan fingerprint density at radius 2 is 1.67 bits per heavy atom. The summed E-state index contributed by atoms with van der Waals surface area (Å²) < 4.78 is 0. The highest BCUT2D eigenvalue weighted by atomic mass is 16.4. The molecule has 1 aromatic rings. The van der Waals surface area contributed by atoms with Crippen molar-refractivity contribution in [1.29, 1.82) is 0 Å². The van der Waals surface area contributed by atoms with Gasteiger partial charge in [-0.2, -0.15) is 0 Å². The van der Waals surface area contributed by atoms with Crippen molar-refractivity contribution < 1.29 is 29.4 Å². The molecule has 200 valence electrons. The SMILES string of the molecule is CCC(C)C(NC(=O)C(CC(C)C)NC(=O)C1CCCN1)C(=O)NC(Cc1ccc(O)cc1)C(=O)O. The summed E-state index contributed by atoms with van der Waals surface area (Å²) in [6.45, 7) is 8.32. The summed E-state index contributed by atoms with van der Waals surface area (Å²) in [4.78, 5) is 50.9. The number of phenolic OH excluding ortho intramolecular Hbond substituents is 1. The lowest BCUT2D eigenvalue weighted by atomic mass is 9.96. The van der Waals surface area contributed by atoms with Crippen LogP contribution >= 0.6 is 0 Å². The fourth-order valence-electron chi connectivity index (χ4n) is 4.17. The maximum Gasteiger partial charge on any atom is 0.326 e. The Morgan fingerprint density at radius 3 is 2.19 bits per heavy atom. The number of benzene rings is 1. The van der Waals surface area contributed by atoms with Gasteiger partial charge < -0.3 is 31.5 Å². The molecule has 0 spiro atoms. The molecule has 1 aromatic carbocycles. The number of aromatic hydroxyl groups is 1. The smallest absolute Gasteiger partial charge is 0.326 e. The second-order valence-electron chi connectivity index (χ2n) is 9.98. The maximum atomic E-state index is 13.2. The number of aliphatic carboxylic acids is 1. The van der Waals surface area contributed by atoms with E-state index in [0.29, 0.717) is 24.8 Å². The number of hydrogen-bond acceptors (Lipinski definition) is 6. The molecule has 1 fully saturated rings.